The topological polar surface area (TPSA) is 9.23 Å². The number of benzene rings is 2. The Morgan fingerprint density at radius 2 is 1.55 bits per heavy atom. The zero-order chi connectivity index (χ0) is 21.0. The van der Waals surface area contributed by atoms with Crippen molar-refractivity contribution in [1.29, 1.82) is 0 Å². The summed E-state index contributed by atoms with van der Waals surface area (Å²) in [5.74, 6) is -4.68. The fourth-order valence-corrected chi connectivity index (χ4v) is 3.81. The molecule has 0 heterocycles. The van der Waals surface area contributed by atoms with Gasteiger partial charge in [-0.2, -0.15) is 8.78 Å². The zero-order valence-electron chi connectivity index (χ0n) is 16.1. The molecule has 1 aliphatic rings. The number of halogens is 5. The molecule has 6 heteroatoms. The maximum atomic E-state index is 14.4. The first-order chi connectivity index (χ1) is 13.8. The van der Waals surface area contributed by atoms with E-state index in [1.54, 1.807) is 12.1 Å². The molecule has 0 atom stereocenters. The van der Waals surface area contributed by atoms with Crippen LogP contribution in [0.15, 0.2) is 48.6 Å². The quantitative estimate of drug-likeness (QED) is 0.273. The van der Waals surface area contributed by atoms with E-state index in [4.69, 9.17) is 0 Å². The Kier molecular flexibility index (Phi) is 6.60. The maximum absolute atomic E-state index is 14.4. The van der Waals surface area contributed by atoms with E-state index in [0.29, 0.717) is 24.0 Å². The van der Waals surface area contributed by atoms with Gasteiger partial charge in [0.15, 0.2) is 17.5 Å². The van der Waals surface area contributed by atoms with Gasteiger partial charge >= 0.3 is 6.11 Å². The highest BCUT2D eigenvalue weighted by molar-refractivity contribution is 5.30. The zero-order valence-corrected chi connectivity index (χ0v) is 16.1. The van der Waals surface area contributed by atoms with Crippen molar-refractivity contribution in [3.63, 3.8) is 0 Å². The lowest BCUT2D eigenvalue weighted by molar-refractivity contribution is -0.185. The molecule has 1 saturated carbocycles. The van der Waals surface area contributed by atoms with Crippen LogP contribution in [0, 0.1) is 23.4 Å². The Morgan fingerprint density at radius 3 is 2.10 bits per heavy atom. The third kappa shape index (κ3) is 5.17. The highest BCUT2D eigenvalue weighted by Crippen LogP contribution is 2.39. The van der Waals surface area contributed by atoms with Crippen LogP contribution in [0.2, 0.25) is 0 Å². The van der Waals surface area contributed by atoms with Crippen LogP contribution in [0.25, 0.3) is 0 Å². The number of rotatable bonds is 6. The second-order valence-corrected chi connectivity index (χ2v) is 7.46. The molecule has 0 radical (unpaired) electrons. The molecule has 0 spiro atoms. The highest BCUT2D eigenvalue weighted by atomic mass is 19.3. The van der Waals surface area contributed by atoms with Crippen molar-refractivity contribution in [1.82, 2.24) is 0 Å². The van der Waals surface area contributed by atoms with Crippen molar-refractivity contribution in [2.24, 2.45) is 5.92 Å². The molecule has 2 aromatic rings. The molecule has 0 aromatic heterocycles. The summed E-state index contributed by atoms with van der Waals surface area (Å²) in [6.07, 6.45) is 5.76. The number of allylic oxidation sites excluding steroid dienone is 2. The Balaban J connectivity index is 1.66. The summed E-state index contributed by atoms with van der Waals surface area (Å²) in [6, 6.07) is 6.61. The van der Waals surface area contributed by atoms with Gasteiger partial charge < -0.3 is 4.74 Å². The third-order valence-corrected chi connectivity index (χ3v) is 5.47. The molecule has 2 aromatic carbocycles. The van der Waals surface area contributed by atoms with E-state index in [1.165, 1.54) is 12.1 Å². The van der Waals surface area contributed by atoms with E-state index in [2.05, 4.69) is 16.9 Å². The first-order valence-electron chi connectivity index (χ1n) is 9.73. The van der Waals surface area contributed by atoms with Crippen molar-refractivity contribution < 1.29 is 26.7 Å². The Hall–Kier alpha value is -2.37. The van der Waals surface area contributed by atoms with E-state index in [1.807, 2.05) is 6.92 Å². The molecule has 1 fully saturated rings. The molecule has 3 rings (SSSR count). The minimum absolute atomic E-state index is 0.334. The van der Waals surface area contributed by atoms with Crippen LogP contribution in [0.5, 0.6) is 5.75 Å². The summed E-state index contributed by atoms with van der Waals surface area (Å²) in [5.41, 5.74) is 0.557. The number of hydrogen-bond donors (Lipinski definition) is 0. The van der Waals surface area contributed by atoms with Gasteiger partial charge in [-0.15, -0.1) is 0 Å². The minimum atomic E-state index is -3.81. The fraction of sp³-hybridized carbons (Fsp3) is 0.391. The summed E-state index contributed by atoms with van der Waals surface area (Å²) in [7, 11) is 0. The van der Waals surface area contributed by atoms with E-state index in [9.17, 15) is 22.0 Å². The van der Waals surface area contributed by atoms with Gasteiger partial charge in [0.25, 0.3) is 0 Å². The molecule has 0 aliphatic heterocycles. The van der Waals surface area contributed by atoms with Crippen LogP contribution in [0.3, 0.4) is 0 Å². The second-order valence-electron chi connectivity index (χ2n) is 7.46. The first kappa shape index (κ1) is 21.3. The average molecular weight is 410 g/mol. The van der Waals surface area contributed by atoms with Crippen molar-refractivity contribution >= 4 is 0 Å². The highest BCUT2D eigenvalue weighted by Gasteiger charge is 2.35. The average Bonchev–Trinajstić information content (AvgIpc) is 2.70. The molecule has 0 unspecified atom stereocenters. The van der Waals surface area contributed by atoms with E-state index in [0.717, 1.165) is 37.7 Å². The van der Waals surface area contributed by atoms with E-state index >= 15 is 0 Å². The number of ether oxygens (including phenoxy) is 1. The van der Waals surface area contributed by atoms with Crippen molar-refractivity contribution in [2.75, 3.05) is 0 Å². The van der Waals surface area contributed by atoms with Gasteiger partial charge in [0, 0.05) is 12.1 Å². The van der Waals surface area contributed by atoms with Crippen LogP contribution in [0.4, 0.5) is 22.0 Å². The van der Waals surface area contributed by atoms with Gasteiger partial charge in [-0.25, -0.2) is 13.2 Å². The largest absolute Gasteiger partial charge is 0.429 e. The molecule has 0 saturated heterocycles. The Bertz CT molecular complexity index is 829. The molecule has 0 amide bonds. The van der Waals surface area contributed by atoms with Crippen LogP contribution in [-0.4, -0.2) is 0 Å². The van der Waals surface area contributed by atoms with Gasteiger partial charge in [0.05, 0.1) is 5.56 Å². The van der Waals surface area contributed by atoms with Crippen molar-refractivity contribution in [2.45, 2.75) is 51.1 Å². The predicted molar refractivity (Wildman–Crippen MR) is 101 cm³/mol. The lowest BCUT2D eigenvalue weighted by Gasteiger charge is -2.28. The van der Waals surface area contributed by atoms with Gasteiger partial charge in [0.1, 0.15) is 5.75 Å². The van der Waals surface area contributed by atoms with Crippen molar-refractivity contribution in [3.05, 3.63) is 77.1 Å². The van der Waals surface area contributed by atoms with Crippen LogP contribution in [0.1, 0.15) is 56.1 Å². The molecule has 0 bridgehead atoms. The standard InChI is InChI=1S/C23H23F5O/c1-2-3-4-15-5-7-16(8-6-15)17-9-11-18(12-10-17)23(27,28)29-19-13-20(24)22(26)21(25)14-19/h2-3,9-16H,4-8H2,1H3/t15-,16-. The molecule has 1 nitrogen and oxygen atoms in total. The molecule has 0 N–H and O–H groups in total. The second kappa shape index (κ2) is 8.97. The van der Waals surface area contributed by atoms with E-state index < -0.39 is 34.9 Å². The molecule has 29 heavy (non-hydrogen) atoms. The van der Waals surface area contributed by atoms with Crippen LogP contribution in [-0.2, 0) is 6.11 Å². The summed E-state index contributed by atoms with van der Waals surface area (Å²) < 4.78 is 72.7. The normalized spacial score (nSPS) is 20.2. The first-order valence-corrected chi connectivity index (χ1v) is 9.73. The van der Waals surface area contributed by atoms with Gasteiger partial charge in [-0.3, -0.25) is 0 Å². The number of alkyl halides is 2. The summed E-state index contributed by atoms with van der Waals surface area (Å²) in [4.78, 5) is 0. The minimum Gasteiger partial charge on any atom is -0.429 e. The van der Waals surface area contributed by atoms with Crippen molar-refractivity contribution in [3.8, 4) is 5.75 Å². The SMILES string of the molecule is CC=CC[C@H]1CC[C@H](c2ccc(C(F)(F)Oc3cc(F)c(F)c(F)c3)cc2)CC1. The summed E-state index contributed by atoms with van der Waals surface area (Å²) >= 11 is 0. The predicted octanol–water partition coefficient (Wildman–Crippen LogP) is 7.47. The molecular weight excluding hydrogens is 387 g/mol. The van der Waals surface area contributed by atoms with Gasteiger partial charge in [-0.05, 0) is 68.6 Å². The van der Waals surface area contributed by atoms with Crippen LogP contribution >= 0.6 is 0 Å². The molecule has 1 aliphatic carbocycles. The lowest BCUT2D eigenvalue weighted by atomic mass is 9.77. The van der Waals surface area contributed by atoms with E-state index in [-0.39, 0.29) is 0 Å². The van der Waals surface area contributed by atoms with Gasteiger partial charge in [0.2, 0.25) is 0 Å². The smallest absolute Gasteiger partial charge is 0.426 e. The number of hydrogen-bond acceptors (Lipinski definition) is 1. The van der Waals surface area contributed by atoms with Gasteiger partial charge in [-0.1, -0.05) is 24.3 Å². The lowest BCUT2D eigenvalue weighted by Crippen LogP contribution is -2.22. The maximum Gasteiger partial charge on any atom is 0.426 e. The third-order valence-electron chi connectivity index (χ3n) is 5.47. The summed E-state index contributed by atoms with van der Waals surface area (Å²) in [5, 5.41) is 0. The Morgan fingerprint density at radius 1 is 0.966 bits per heavy atom. The molecule has 156 valence electrons. The van der Waals surface area contributed by atoms with Crippen LogP contribution < -0.4 is 4.74 Å². The fourth-order valence-electron chi connectivity index (χ4n) is 3.81. The monoisotopic (exact) mass is 410 g/mol. The molecular formula is C23H23F5O. The summed E-state index contributed by atoms with van der Waals surface area (Å²) in [6.45, 7) is 2.01. The Labute approximate surface area is 167 Å².